The highest BCUT2D eigenvalue weighted by atomic mass is 14.4. The Morgan fingerprint density at radius 1 is 0.283 bits per heavy atom. The second-order valence-electron chi connectivity index (χ2n) is 15.2. The minimum Gasteiger partial charge on any atom is -0.0616 e. The molecule has 11 rings (SSSR count). The van der Waals surface area contributed by atoms with Crippen LogP contribution in [0.25, 0.3) is 98.4 Å². The first-order valence-electron chi connectivity index (χ1n) is 18.7. The van der Waals surface area contributed by atoms with Crippen LogP contribution < -0.4 is 0 Å². The third-order valence-electron chi connectivity index (χ3n) is 12.0. The van der Waals surface area contributed by atoms with Crippen molar-refractivity contribution < 1.29 is 0 Å². The second-order valence-corrected chi connectivity index (χ2v) is 15.2. The van der Waals surface area contributed by atoms with Crippen molar-refractivity contribution in [3.05, 3.63) is 193 Å². The maximum absolute atomic E-state index is 2.38. The van der Waals surface area contributed by atoms with Gasteiger partial charge in [-0.15, -0.1) is 0 Å². The SMILES string of the molecule is CC1(C)c2cccc(-c3ccc(-c4c5ccccc5c(-c5ccc6c(ccc7ccccc76)c5)c5ccccc45)cc3)c2-c2c1ccc1ccccc21. The fourth-order valence-electron chi connectivity index (χ4n) is 9.53. The smallest absolute Gasteiger partial charge is 0.0159 e. The minimum absolute atomic E-state index is 0.0664. The summed E-state index contributed by atoms with van der Waals surface area (Å²) in [5.74, 6) is 0. The molecule has 248 valence electrons. The molecule has 0 saturated heterocycles. The van der Waals surface area contributed by atoms with E-state index in [1.807, 2.05) is 0 Å². The molecule has 53 heavy (non-hydrogen) atoms. The standard InChI is InChI=1S/C53H36/c1-53(2)47-21-11-20-42(51(47)52-41-15-6-4-13-34(41)29-31-48(52)53)35-22-25-36(26-23-35)49-43-16-7-9-18-45(43)50(46-19-10-8-17-44(46)49)38-28-30-40-37(32-38)27-24-33-12-3-5-14-39(33)40/h3-32H,1-2H3. The van der Waals surface area contributed by atoms with Crippen LogP contribution in [0.4, 0.5) is 0 Å². The molecular formula is C53H36. The van der Waals surface area contributed by atoms with Crippen molar-refractivity contribution in [2.45, 2.75) is 19.3 Å². The van der Waals surface area contributed by atoms with Crippen molar-refractivity contribution in [1.82, 2.24) is 0 Å². The normalized spacial score (nSPS) is 13.2. The summed E-state index contributed by atoms with van der Waals surface area (Å²) in [5.41, 5.74) is 13.1. The Hall–Kier alpha value is -6.50. The Labute approximate surface area is 309 Å². The van der Waals surface area contributed by atoms with Crippen LogP contribution in [0.5, 0.6) is 0 Å². The summed E-state index contributed by atoms with van der Waals surface area (Å²) >= 11 is 0. The average Bonchev–Trinajstić information content (AvgIpc) is 3.46. The van der Waals surface area contributed by atoms with Crippen LogP contribution in [-0.4, -0.2) is 0 Å². The lowest BCUT2D eigenvalue weighted by Gasteiger charge is -2.22. The quantitative estimate of drug-likeness (QED) is 0.129. The summed E-state index contributed by atoms with van der Waals surface area (Å²) in [6.07, 6.45) is 0. The molecule has 0 nitrogen and oxygen atoms in total. The van der Waals surface area contributed by atoms with Crippen LogP contribution in [-0.2, 0) is 5.41 Å². The van der Waals surface area contributed by atoms with Gasteiger partial charge in [0.1, 0.15) is 0 Å². The first kappa shape index (κ1) is 30.2. The zero-order valence-corrected chi connectivity index (χ0v) is 29.8. The molecule has 1 aliphatic rings. The van der Waals surface area contributed by atoms with Crippen molar-refractivity contribution in [3.8, 4) is 44.5 Å². The summed E-state index contributed by atoms with van der Waals surface area (Å²) in [6.45, 7) is 4.75. The first-order valence-corrected chi connectivity index (χ1v) is 18.7. The summed E-state index contributed by atoms with van der Waals surface area (Å²) in [6, 6.07) is 67.9. The van der Waals surface area contributed by atoms with Gasteiger partial charge in [0, 0.05) is 5.41 Å². The molecule has 0 bridgehead atoms. The van der Waals surface area contributed by atoms with E-state index >= 15 is 0 Å². The third-order valence-corrected chi connectivity index (χ3v) is 12.0. The highest BCUT2D eigenvalue weighted by molar-refractivity contribution is 6.22. The molecule has 0 saturated carbocycles. The highest BCUT2D eigenvalue weighted by Crippen LogP contribution is 2.54. The third kappa shape index (κ3) is 4.36. The number of fused-ring (bicyclic) bond motifs is 10. The molecule has 0 fully saturated rings. The van der Waals surface area contributed by atoms with E-state index in [1.54, 1.807) is 0 Å². The molecule has 1 aliphatic carbocycles. The van der Waals surface area contributed by atoms with E-state index in [9.17, 15) is 0 Å². The van der Waals surface area contributed by atoms with E-state index in [2.05, 4.69) is 196 Å². The van der Waals surface area contributed by atoms with Crippen LogP contribution in [0, 0.1) is 0 Å². The molecule has 10 aromatic carbocycles. The van der Waals surface area contributed by atoms with Crippen molar-refractivity contribution in [2.24, 2.45) is 0 Å². The average molecular weight is 673 g/mol. The van der Waals surface area contributed by atoms with Gasteiger partial charge in [0.25, 0.3) is 0 Å². The predicted octanol–water partition coefficient (Wildman–Crippen LogP) is 14.8. The fraction of sp³-hybridized carbons (Fsp3) is 0.0566. The predicted molar refractivity (Wildman–Crippen MR) is 228 cm³/mol. The van der Waals surface area contributed by atoms with Crippen LogP contribution in [0.1, 0.15) is 25.0 Å². The lowest BCUT2D eigenvalue weighted by atomic mass is 9.81. The second kappa shape index (κ2) is 11.2. The Balaban J connectivity index is 1.09. The van der Waals surface area contributed by atoms with E-state index in [1.165, 1.54) is 109 Å². The van der Waals surface area contributed by atoms with Crippen molar-refractivity contribution >= 4 is 53.9 Å². The number of hydrogen-bond acceptors (Lipinski definition) is 0. The molecule has 0 amide bonds. The zero-order valence-electron chi connectivity index (χ0n) is 29.8. The summed E-state index contributed by atoms with van der Waals surface area (Å²) in [5, 5.41) is 12.9. The molecule has 0 aliphatic heterocycles. The van der Waals surface area contributed by atoms with Gasteiger partial charge in [0.15, 0.2) is 0 Å². The van der Waals surface area contributed by atoms with Gasteiger partial charge in [-0.1, -0.05) is 190 Å². The van der Waals surface area contributed by atoms with Gasteiger partial charge in [-0.3, -0.25) is 0 Å². The van der Waals surface area contributed by atoms with E-state index in [-0.39, 0.29) is 5.41 Å². The monoisotopic (exact) mass is 672 g/mol. The molecule has 0 radical (unpaired) electrons. The maximum Gasteiger partial charge on any atom is 0.0159 e. The highest BCUT2D eigenvalue weighted by Gasteiger charge is 2.37. The van der Waals surface area contributed by atoms with E-state index in [0.717, 1.165) is 0 Å². The van der Waals surface area contributed by atoms with Gasteiger partial charge in [-0.2, -0.15) is 0 Å². The van der Waals surface area contributed by atoms with Gasteiger partial charge in [-0.25, -0.2) is 0 Å². The van der Waals surface area contributed by atoms with Crippen molar-refractivity contribution in [3.63, 3.8) is 0 Å². The summed E-state index contributed by atoms with van der Waals surface area (Å²) in [7, 11) is 0. The van der Waals surface area contributed by atoms with Crippen molar-refractivity contribution in [1.29, 1.82) is 0 Å². The topological polar surface area (TPSA) is 0 Å². The molecule has 0 spiro atoms. The van der Waals surface area contributed by atoms with Gasteiger partial charge in [-0.05, 0) is 116 Å². The molecule has 0 heterocycles. The molecule has 0 aromatic heterocycles. The van der Waals surface area contributed by atoms with Crippen LogP contribution in [0.15, 0.2) is 182 Å². The first-order chi connectivity index (χ1) is 26.1. The molecule has 0 N–H and O–H groups in total. The van der Waals surface area contributed by atoms with Crippen LogP contribution in [0.3, 0.4) is 0 Å². The Morgan fingerprint density at radius 2 is 0.755 bits per heavy atom. The largest absolute Gasteiger partial charge is 0.0616 e. The number of benzene rings is 10. The van der Waals surface area contributed by atoms with Crippen LogP contribution in [0.2, 0.25) is 0 Å². The maximum atomic E-state index is 2.38. The van der Waals surface area contributed by atoms with Crippen molar-refractivity contribution in [2.75, 3.05) is 0 Å². The van der Waals surface area contributed by atoms with Gasteiger partial charge < -0.3 is 0 Å². The van der Waals surface area contributed by atoms with E-state index < -0.39 is 0 Å². The molecule has 0 unspecified atom stereocenters. The summed E-state index contributed by atoms with van der Waals surface area (Å²) < 4.78 is 0. The number of rotatable bonds is 3. The lowest BCUT2D eigenvalue weighted by Crippen LogP contribution is -2.14. The molecular weight excluding hydrogens is 637 g/mol. The van der Waals surface area contributed by atoms with Gasteiger partial charge >= 0.3 is 0 Å². The molecule has 10 aromatic rings. The Morgan fingerprint density at radius 3 is 1.43 bits per heavy atom. The number of hydrogen-bond donors (Lipinski definition) is 0. The Kier molecular flexibility index (Phi) is 6.40. The fourth-order valence-corrected chi connectivity index (χ4v) is 9.53. The van der Waals surface area contributed by atoms with Crippen LogP contribution >= 0.6 is 0 Å². The molecule has 0 atom stereocenters. The molecule has 0 heteroatoms. The zero-order chi connectivity index (χ0) is 35.3. The summed E-state index contributed by atoms with van der Waals surface area (Å²) in [4.78, 5) is 0. The van der Waals surface area contributed by atoms with Gasteiger partial charge in [0.05, 0.1) is 0 Å². The lowest BCUT2D eigenvalue weighted by molar-refractivity contribution is 0.661. The van der Waals surface area contributed by atoms with Gasteiger partial charge in [0.2, 0.25) is 0 Å². The van der Waals surface area contributed by atoms with E-state index in [4.69, 9.17) is 0 Å². The van der Waals surface area contributed by atoms with E-state index in [0.29, 0.717) is 0 Å². The minimum atomic E-state index is -0.0664. The Bertz CT molecular complexity index is 3060.